The third-order valence-corrected chi connectivity index (χ3v) is 5.27. The Morgan fingerprint density at radius 2 is 1.31 bits per heavy atom. The SMILES string of the molecule is Cc1ccc(Cl)cc1NC(=O)C(C)Nc1nc(Nc2ccc(F)cc2)nc(Nc2ccc(F)cc2)n1. The maximum Gasteiger partial charge on any atom is 0.246 e. The molecule has 184 valence electrons. The molecule has 0 fully saturated rings. The Hall–Kier alpha value is -4.31. The molecule has 0 aliphatic heterocycles. The molecule has 0 aliphatic rings. The van der Waals surface area contributed by atoms with Crippen LogP contribution in [0.15, 0.2) is 66.7 Å². The molecule has 3 aromatic carbocycles. The van der Waals surface area contributed by atoms with Gasteiger partial charge in [0.25, 0.3) is 0 Å². The van der Waals surface area contributed by atoms with Crippen LogP contribution in [0.2, 0.25) is 5.02 Å². The maximum atomic E-state index is 13.3. The zero-order valence-electron chi connectivity index (χ0n) is 19.3. The molecule has 4 N–H and O–H groups in total. The van der Waals surface area contributed by atoms with Gasteiger partial charge in [-0.15, -0.1) is 0 Å². The van der Waals surface area contributed by atoms with E-state index in [1.54, 1.807) is 19.1 Å². The summed E-state index contributed by atoms with van der Waals surface area (Å²) < 4.78 is 26.6. The fraction of sp³-hybridized carbons (Fsp3) is 0.120. The topological polar surface area (TPSA) is 104 Å². The number of carbonyl (C=O) groups is 1. The Balaban J connectivity index is 1.56. The first-order chi connectivity index (χ1) is 17.2. The minimum absolute atomic E-state index is 0.102. The normalized spacial score (nSPS) is 11.5. The zero-order chi connectivity index (χ0) is 25.7. The van der Waals surface area contributed by atoms with Crippen LogP contribution in [0.1, 0.15) is 12.5 Å². The summed E-state index contributed by atoms with van der Waals surface area (Å²) in [5.74, 6) is -0.713. The highest BCUT2D eigenvalue weighted by molar-refractivity contribution is 6.31. The lowest BCUT2D eigenvalue weighted by molar-refractivity contribution is -0.116. The number of anilines is 6. The molecular weight excluding hydrogens is 488 g/mol. The van der Waals surface area contributed by atoms with Crippen molar-refractivity contribution in [2.75, 3.05) is 21.3 Å². The van der Waals surface area contributed by atoms with Crippen molar-refractivity contribution in [2.24, 2.45) is 0 Å². The number of amides is 1. The molecule has 0 spiro atoms. The first kappa shape index (κ1) is 24.8. The third kappa shape index (κ3) is 6.63. The van der Waals surface area contributed by atoms with Gasteiger partial charge in [-0.25, -0.2) is 8.78 Å². The third-order valence-electron chi connectivity index (χ3n) is 5.03. The number of nitrogens with one attached hydrogen (secondary N) is 4. The number of carbonyl (C=O) groups excluding carboxylic acids is 1. The van der Waals surface area contributed by atoms with Gasteiger partial charge in [0.15, 0.2) is 0 Å². The standard InChI is InChI=1S/C25H22ClF2N7O/c1-14-3-4-16(26)13-21(14)32-22(36)15(2)29-23-33-24(30-19-9-5-17(27)6-10-19)35-25(34-23)31-20-11-7-18(28)8-12-20/h3-13,15H,1-2H3,(H,32,36)(H3,29,30,31,33,34,35). The highest BCUT2D eigenvalue weighted by atomic mass is 35.5. The van der Waals surface area contributed by atoms with Crippen LogP contribution < -0.4 is 21.3 Å². The predicted molar refractivity (Wildman–Crippen MR) is 137 cm³/mol. The van der Waals surface area contributed by atoms with E-state index >= 15 is 0 Å². The van der Waals surface area contributed by atoms with Gasteiger partial charge in [-0.2, -0.15) is 15.0 Å². The van der Waals surface area contributed by atoms with Crippen molar-refractivity contribution in [1.82, 2.24) is 15.0 Å². The molecule has 1 aromatic heterocycles. The Kier molecular flexibility index (Phi) is 7.55. The lowest BCUT2D eigenvalue weighted by Gasteiger charge is -2.17. The second-order valence-electron chi connectivity index (χ2n) is 7.88. The summed E-state index contributed by atoms with van der Waals surface area (Å²) in [7, 11) is 0. The van der Waals surface area contributed by atoms with Gasteiger partial charge in [-0.1, -0.05) is 17.7 Å². The van der Waals surface area contributed by atoms with E-state index in [1.807, 2.05) is 13.0 Å². The zero-order valence-corrected chi connectivity index (χ0v) is 20.1. The number of halogens is 3. The van der Waals surface area contributed by atoms with Gasteiger partial charge in [0, 0.05) is 22.1 Å². The maximum absolute atomic E-state index is 13.3. The van der Waals surface area contributed by atoms with Crippen molar-refractivity contribution < 1.29 is 13.6 Å². The number of nitrogens with zero attached hydrogens (tertiary/aromatic N) is 3. The Labute approximate surface area is 211 Å². The van der Waals surface area contributed by atoms with Crippen LogP contribution in [-0.2, 0) is 4.79 Å². The minimum atomic E-state index is -0.733. The number of hydrogen-bond donors (Lipinski definition) is 4. The summed E-state index contributed by atoms with van der Waals surface area (Å²) in [4.78, 5) is 25.8. The Bertz CT molecular complexity index is 1300. The molecule has 0 radical (unpaired) electrons. The summed E-state index contributed by atoms with van der Waals surface area (Å²) in [5.41, 5.74) is 2.54. The molecule has 0 aliphatic carbocycles. The molecule has 36 heavy (non-hydrogen) atoms. The summed E-state index contributed by atoms with van der Waals surface area (Å²) in [6, 6.07) is 15.8. The smallest absolute Gasteiger partial charge is 0.246 e. The lowest BCUT2D eigenvalue weighted by Crippen LogP contribution is -2.33. The van der Waals surface area contributed by atoms with Gasteiger partial charge in [0.05, 0.1) is 0 Å². The molecule has 0 saturated heterocycles. The van der Waals surface area contributed by atoms with E-state index < -0.39 is 6.04 Å². The quantitative estimate of drug-likeness (QED) is 0.229. The van der Waals surface area contributed by atoms with E-state index in [0.29, 0.717) is 22.1 Å². The molecule has 0 saturated carbocycles. The first-order valence-electron chi connectivity index (χ1n) is 10.9. The van der Waals surface area contributed by atoms with Crippen molar-refractivity contribution >= 4 is 52.4 Å². The van der Waals surface area contributed by atoms with Crippen LogP contribution in [-0.4, -0.2) is 26.9 Å². The molecule has 8 nitrogen and oxygen atoms in total. The highest BCUT2D eigenvalue weighted by Gasteiger charge is 2.17. The van der Waals surface area contributed by atoms with Crippen LogP contribution >= 0.6 is 11.6 Å². The molecule has 4 aromatic rings. The average Bonchev–Trinajstić information content (AvgIpc) is 2.84. The predicted octanol–water partition coefficient (Wildman–Crippen LogP) is 6.04. The Morgan fingerprint density at radius 1 is 0.806 bits per heavy atom. The number of benzene rings is 3. The van der Waals surface area contributed by atoms with Crippen LogP contribution in [0.4, 0.5) is 43.7 Å². The van der Waals surface area contributed by atoms with Gasteiger partial charge in [0.2, 0.25) is 23.8 Å². The van der Waals surface area contributed by atoms with Crippen LogP contribution in [0, 0.1) is 18.6 Å². The van der Waals surface area contributed by atoms with Crippen molar-refractivity contribution in [1.29, 1.82) is 0 Å². The van der Waals surface area contributed by atoms with Crippen molar-refractivity contribution in [3.8, 4) is 0 Å². The van der Waals surface area contributed by atoms with E-state index in [2.05, 4.69) is 36.2 Å². The van der Waals surface area contributed by atoms with Gasteiger partial charge >= 0.3 is 0 Å². The molecular formula is C25H22ClF2N7O. The minimum Gasteiger partial charge on any atom is -0.342 e. The number of aryl methyl sites for hydroxylation is 1. The fourth-order valence-electron chi connectivity index (χ4n) is 3.11. The van der Waals surface area contributed by atoms with E-state index in [-0.39, 0.29) is 35.4 Å². The molecule has 1 heterocycles. The summed E-state index contributed by atoms with van der Waals surface area (Å²) >= 11 is 6.05. The molecule has 11 heteroatoms. The largest absolute Gasteiger partial charge is 0.342 e. The van der Waals surface area contributed by atoms with Crippen LogP contribution in [0.3, 0.4) is 0 Å². The fourth-order valence-corrected chi connectivity index (χ4v) is 3.28. The molecule has 1 amide bonds. The summed E-state index contributed by atoms with van der Waals surface area (Å²) in [6.07, 6.45) is 0. The number of aromatic nitrogens is 3. The Morgan fingerprint density at radius 3 is 1.83 bits per heavy atom. The van der Waals surface area contributed by atoms with E-state index in [0.717, 1.165) is 5.56 Å². The molecule has 4 rings (SSSR count). The van der Waals surface area contributed by atoms with Gasteiger partial charge in [-0.05, 0) is 80.1 Å². The van der Waals surface area contributed by atoms with Crippen LogP contribution in [0.25, 0.3) is 0 Å². The molecule has 1 unspecified atom stereocenters. The monoisotopic (exact) mass is 509 g/mol. The van der Waals surface area contributed by atoms with Crippen molar-refractivity contribution in [3.63, 3.8) is 0 Å². The number of rotatable bonds is 8. The van der Waals surface area contributed by atoms with Gasteiger partial charge < -0.3 is 21.3 Å². The van der Waals surface area contributed by atoms with Crippen molar-refractivity contribution in [2.45, 2.75) is 19.9 Å². The van der Waals surface area contributed by atoms with E-state index in [9.17, 15) is 13.6 Å². The van der Waals surface area contributed by atoms with Crippen LogP contribution in [0.5, 0.6) is 0 Å². The second kappa shape index (κ2) is 11.0. The lowest BCUT2D eigenvalue weighted by atomic mass is 10.2. The van der Waals surface area contributed by atoms with E-state index in [1.165, 1.54) is 48.5 Å². The average molecular weight is 510 g/mol. The van der Waals surface area contributed by atoms with Gasteiger partial charge in [-0.3, -0.25) is 4.79 Å². The first-order valence-corrected chi connectivity index (χ1v) is 11.3. The molecule has 1 atom stereocenters. The molecule has 0 bridgehead atoms. The van der Waals surface area contributed by atoms with Gasteiger partial charge in [0.1, 0.15) is 17.7 Å². The second-order valence-corrected chi connectivity index (χ2v) is 8.32. The summed E-state index contributed by atoms with van der Waals surface area (Å²) in [5, 5.41) is 12.2. The summed E-state index contributed by atoms with van der Waals surface area (Å²) in [6.45, 7) is 3.51. The van der Waals surface area contributed by atoms with Crippen molar-refractivity contribution in [3.05, 3.63) is 89.0 Å². The highest BCUT2D eigenvalue weighted by Crippen LogP contribution is 2.22. The van der Waals surface area contributed by atoms with E-state index in [4.69, 9.17) is 11.6 Å². The number of hydrogen-bond acceptors (Lipinski definition) is 7.